The van der Waals surface area contributed by atoms with E-state index in [9.17, 15) is 14.7 Å². The fourth-order valence-electron chi connectivity index (χ4n) is 2.59. The molecule has 7 heteroatoms. The molecule has 1 fully saturated rings. The molecule has 0 spiro atoms. The third-order valence-corrected chi connectivity index (χ3v) is 5.67. The molecule has 3 rings (SSSR count). The van der Waals surface area contributed by atoms with Crippen LogP contribution in [0.5, 0.6) is 0 Å². The van der Waals surface area contributed by atoms with Gasteiger partial charge in [0.15, 0.2) is 0 Å². The van der Waals surface area contributed by atoms with Crippen LogP contribution in [0.1, 0.15) is 21.3 Å². The zero-order valence-corrected chi connectivity index (χ0v) is 14.6. The van der Waals surface area contributed by atoms with Gasteiger partial charge in [-0.2, -0.15) is 0 Å². The summed E-state index contributed by atoms with van der Waals surface area (Å²) < 4.78 is 0. The number of thioether (sulfide) groups is 1. The van der Waals surface area contributed by atoms with Crippen molar-refractivity contribution in [1.29, 1.82) is 0 Å². The van der Waals surface area contributed by atoms with Crippen LogP contribution in [0.2, 0.25) is 10.0 Å². The Morgan fingerprint density at radius 3 is 2.38 bits per heavy atom. The lowest BCUT2D eigenvalue weighted by atomic mass is 10.1. The van der Waals surface area contributed by atoms with Gasteiger partial charge in [0.05, 0.1) is 12.0 Å². The summed E-state index contributed by atoms with van der Waals surface area (Å²) in [4.78, 5) is 25.7. The quantitative estimate of drug-likeness (QED) is 0.820. The molecule has 0 unspecified atom stereocenters. The first-order valence-corrected chi connectivity index (χ1v) is 8.94. The third-order valence-electron chi connectivity index (χ3n) is 3.77. The van der Waals surface area contributed by atoms with Crippen LogP contribution in [0.3, 0.4) is 0 Å². The van der Waals surface area contributed by atoms with Crippen molar-refractivity contribution in [1.82, 2.24) is 4.90 Å². The van der Waals surface area contributed by atoms with Gasteiger partial charge in [-0.3, -0.25) is 4.79 Å². The zero-order chi connectivity index (χ0) is 17.3. The topological polar surface area (TPSA) is 60.4 Å². The SMILES string of the molecule is O=C([O-])[C@@H]1CS[C@H](c2ccccc2Cl)N1C(=O)c1ccc(Cl)cc1. The smallest absolute Gasteiger partial charge is 0.255 e. The number of aliphatic carboxylic acids is 1. The summed E-state index contributed by atoms with van der Waals surface area (Å²) in [6.45, 7) is 0. The van der Waals surface area contributed by atoms with Gasteiger partial charge in [-0.15, -0.1) is 11.8 Å². The molecule has 0 aliphatic carbocycles. The Morgan fingerprint density at radius 2 is 1.75 bits per heavy atom. The number of rotatable bonds is 3. The first kappa shape index (κ1) is 17.1. The average Bonchev–Trinajstić information content (AvgIpc) is 3.00. The van der Waals surface area contributed by atoms with E-state index in [2.05, 4.69) is 0 Å². The predicted octanol–water partition coefficient (Wildman–Crippen LogP) is 3.00. The lowest BCUT2D eigenvalue weighted by Crippen LogP contribution is -2.49. The highest BCUT2D eigenvalue weighted by Crippen LogP contribution is 2.44. The van der Waals surface area contributed by atoms with E-state index in [1.165, 1.54) is 16.7 Å². The highest BCUT2D eigenvalue weighted by Gasteiger charge is 2.40. The van der Waals surface area contributed by atoms with Gasteiger partial charge in [0.25, 0.3) is 5.91 Å². The third kappa shape index (κ3) is 3.24. The standard InChI is InChI=1S/C17H13Cl2NO3S/c18-11-7-5-10(6-8-11)15(21)20-14(17(22)23)9-24-16(20)12-3-1-2-4-13(12)19/h1-8,14,16H,9H2,(H,22,23)/p-1/t14-,16+/m0/s1. The van der Waals surface area contributed by atoms with Gasteiger partial charge in [-0.1, -0.05) is 41.4 Å². The number of hydrogen-bond acceptors (Lipinski definition) is 4. The first-order chi connectivity index (χ1) is 11.5. The highest BCUT2D eigenvalue weighted by molar-refractivity contribution is 7.99. The summed E-state index contributed by atoms with van der Waals surface area (Å²) in [5.41, 5.74) is 1.07. The second-order valence-corrected chi connectivity index (χ2v) is 7.22. The molecule has 1 amide bonds. The van der Waals surface area contributed by atoms with Gasteiger partial charge in [0, 0.05) is 26.9 Å². The number of carboxylic acids is 1. The zero-order valence-electron chi connectivity index (χ0n) is 12.3. The largest absolute Gasteiger partial charge is 0.548 e. The van der Waals surface area contributed by atoms with Gasteiger partial charge in [-0.05, 0) is 30.3 Å². The van der Waals surface area contributed by atoms with Crippen molar-refractivity contribution in [3.05, 3.63) is 69.7 Å². The second-order valence-electron chi connectivity index (χ2n) is 5.26. The maximum absolute atomic E-state index is 12.9. The summed E-state index contributed by atoms with van der Waals surface area (Å²) in [5, 5.41) is 12.0. The number of carbonyl (C=O) groups is 2. The fraction of sp³-hybridized carbons (Fsp3) is 0.176. The van der Waals surface area contributed by atoms with Crippen molar-refractivity contribution in [3.8, 4) is 0 Å². The van der Waals surface area contributed by atoms with Crippen LogP contribution in [-0.4, -0.2) is 28.6 Å². The van der Waals surface area contributed by atoms with E-state index in [1.54, 1.807) is 48.5 Å². The molecule has 1 saturated heterocycles. The second kappa shape index (κ2) is 7.05. The van der Waals surface area contributed by atoms with E-state index < -0.39 is 23.3 Å². The number of nitrogens with zero attached hydrogens (tertiary/aromatic N) is 1. The van der Waals surface area contributed by atoms with Crippen molar-refractivity contribution in [2.24, 2.45) is 0 Å². The maximum atomic E-state index is 12.9. The van der Waals surface area contributed by atoms with E-state index in [-0.39, 0.29) is 5.75 Å². The Kier molecular flexibility index (Phi) is 5.04. The molecule has 124 valence electrons. The minimum Gasteiger partial charge on any atom is -0.548 e. The molecule has 24 heavy (non-hydrogen) atoms. The summed E-state index contributed by atoms with van der Waals surface area (Å²) >= 11 is 13.4. The van der Waals surface area contributed by atoms with Gasteiger partial charge >= 0.3 is 0 Å². The fourth-order valence-corrected chi connectivity index (χ4v) is 4.47. The Balaban J connectivity index is 2.01. The van der Waals surface area contributed by atoms with Crippen LogP contribution in [0.25, 0.3) is 0 Å². The minimum absolute atomic E-state index is 0.248. The molecular formula is C17H12Cl2NO3S-. The molecular weight excluding hydrogens is 369 g/mol. The van der Waals surface area contributed by atoms with Crippen LogP contribution in [0, 0.1) is 0 Å². The Bertz CT molecular complexity index is 782. The molecule has 2 aromatic carbocycles. The molecule has 1 aliphatic rings. The van der Waals surface area contributed by atoms with Crippen LogP contribution < -0.4 is 5.11 Å². The van der Waals surface area contributed by atoms with Gasteiger partial charge in [0.1, 0.15) is 5.37 Å². The van der Waals surface area contributed by atoms with E-state index in [0.29, 0.717) is 21.2 Å². The van der Waals surface area contributed by atoms with Crippen LogP contribution in [-0.2, 0) is 4.79 Å². The average molecular weight is 381 g/mol. The molecule has 0 aromatic heterocycles. The van der Waals surface area contributed by atoms with Crippen LogP contribution in [0.4, 0.5) is 0 Å². The monoisotopic (exact) mass is 380 g/mol. The molecule has 0 bridgehead atoms. The van der Waals surface area contributed by atoms with Crippen LogP contribution >= 0.6 is 35.0 Å². The Labute approximate surface area is 153 Å². The Hall–Kier alpha value is -1.69. The maximum Gasteiger partial charge on any atom is 0.255 e. The number of benzene rings is 2. The van der Waals surface area contributed by atoms with Crippen LogP contribution in [0.15, 0.2) is 48.5 Å². The summed E-state index contributed by atoms with van der Waals surface area (Å²) in [7, 11) is 0. The van der Waals surface area contributed by atoms with Crippen molar-refractivity contribution >= 4 is 46.8 Å². The van der Waals surface area contributed by atoms with Crippen molar-refractivity contribution < 1.29 is 14.7 Å². The minimum atomic E-state index is -1.28. The number of amides is 1. The molecule has 0 radical (unpaired) electrons. The van der Waals surface area contributed by atoms with E-state index >= 15 is 0 Å². The summed E-state index contributed by atoms with van der Waals surface area (Å²) in [6.07, 6.45) is 0. The predicted molar refractivity (Wildman–Crippen MR) is 93.1 cm³/mol. The van der Waals surface area contributed by atoms with Gasteiger partial charge in [0.2, 0.25) is 0 Å². The summed E-state index contributed by atoms with van der Waals surface area (Å²) in [6, 6.07) is 12.4. The molecule has 2 aromatic rings. The summed E-state index contributed by atoms with van der Waals surface area (Å²) in [5.74, 6) is -1.42. The number of halogens is 2. The van der Waals surface area contributed by atoms with Gasteiger partial charge in [-0.25, -0.2) is 0 Å². The van der Waals surface area contributed by atoms with E-state index in [0.717, 1.165) is 0 Å². The molecule has 2 atom stereocenters. The Morgan fingerprint density at radius 1 is 1.08 bits per heavy atom. The van der Waals surface area contributed by atoms with Crippen molar-refractivity contribution in [3.63, 3.8) is 0 Å². The normalized spacial score (nSPS) is 20.2. The molecule has 0 N–H and O–H groups in total. The molecule has 1 aliphatic heterocycles. The number of carbonyl (C=O) groups excluding carboxylic acids is 2. The number of carboxylic acid groups (broad SMARTS) is 1. The van der Waals surface area contributed by atoms with E-state index in [1.807, 2.05) is 0 Å². The van der Waals surface area contributed by atoms with Gasteiger partial charge < -0.3 is 14.8 Å². The number of hydrogen-bond donors (Lipinski definition) is 0. The highest BCUT2D eigenvalue weighted by atomic mass is 35.5. The van der Waals surface area contributed by atoms with Crippen molar-refractivity contribution in [2.45, 2.75) is 11.4 Å². The molecule has 1 heterocycles. The molecule has 0 saturated carbocycles. The van der Waals surface area contributed by atoms with E-state index in [4.69, 9.17) is 23.2 Å². The lowest BCUT2D eigenvalue weighted by molar-refractivity contribution is -0.310. The first-order valence-electron chi connectivity index (χ1n) is 7.14. The lowest BCUT2D eigenvalue weighted by Gasteiger charge is -2.30. The molecule has 4 nitrogen and oxygen atoms in total. The van der Waals surface area contributed by atoms with Crippen molar-refractivity contribution in [2.75, 3.05) is 5.75 Å².